The smallest absolute Gasteiger partial charge is 0.146 e. The predicted octanol–water partition coefficient (Wildman–Crippen LogP) is 4.24. The van der Waals surface area contributed by atoms with Crippen molar-refractivity contribution in [3.05, 3.63) is 59.1 Å². The Bertz CT molecular complexity index is 513. The number of rotatable bonds is 5. The van der Waals surface area contributed by atoms with Crippen molar-refractivity contribution in [2.45, 2.75) is 13.5 Å². The van der Waals surface area contributed by atoms with Crippen LogP contribution in [-0.2, 0) is 6.54 Å². The summed E-state index contributed by atoms with van der Waals surface area (Å²) in [6.45, 7) is 3.80. The molecule has 0 saturated heterocycles. The fraction of sp³-hybridized carbons (Fsp3) is 0.200. The van der Waals surface area contributed by atoms with Gasteiger partial charge in [0.2, 0.25) is 0 Å². The van der Waals surface area contributed by atoms with E-state index in [1.54, 1.807) is 0 Å². The first-order chi connectivity index (χ1) is 8.81. The highest BCUT2D eigenvalue weighted by molar-refractivity contribution is 6.32. The molecule has 0 aliphatic rings. The summed E-state index contributed by atoms with van der Waals surface area (Å²) in [5.74, 6) is 1.52. The second-order valence-electron chi connectivity index (χ2n) is 3.92. The molecular weight excluding hydrogens is 246 g/mol. The molecule has 2 aromatic carbocycles. The third-order valence-electron chi connectivity index (χ3n) is 2.59. The molecule has 94 valence electrons. The van der Waals surface area contributed by atoms with Crippen molar-refractivity contribution in [3.8, 4) is 11.5 Å². The molecule has 3 heteroatoms. The second kappa shape index (κ2) is 6.43. The highest BCUT2D eigenvalue weighted by Crippen LogP contribution is 2.30. The molecule has 0 saturated carbocycles. The molecule has 0 spiro atoms. The molecular formula is C15H16ClNO. The maximum Gasteiger partial charge on any atom is 0.146 e. The predicted molar refractivity (Wildman–Crippen MR) is 75.3 cm³/mol. The lowest BCUT2D eigenvalue weighted by Crippen LogP contribution is -2.12. The topological polar surface area (TPSA) is 21.3 Å². The van der Waals surface area contributed by atoms with Crippen molar-refractivity contribution in [2.75, 3.05) is 6.54 Å². The highest BCUT2D eigenvalue weighted by atomic mass is 35.5. The summed E-state index contributed by atoms with van der Waals surface area (Å²) in [4.78, 5) is 0. The molecule has 0 amide bonds. The first-order valence-electron chi connectivity index (χ1n) is 6.02. The molecule has 2 rings (SSSR count). The van der Waals surface area contributed by atoms with Crippen molar-refractivity contribution >= 4 is 11.6 Å². The summed E-state index contributed by atoms with van der Waals surface area (Å²) in [5.41, 5.74) is 1.12. The van der Waals surface area contributed by atoms with E-state index in [1.807, 2.05) is 42.5 Å². The highest BCUT2D eigenvalue weighted by Gasteiger charge is 2.06. The molecule has 1 N–H and O–H groups in total. The molecule has 0 atom stereocenters. The molecule has 0 aliphatic carbocycles. The van der Waals surface area contributed by atoms with E-state index in [0.717, 1.165) is 24.4 Å². The third kappa shape index (κ3) is 3.25. The number of hydrogen-bond donors (Lipinski definition) is 1. The van der Waals surface area contributed by atoms with E-state index in [2.05, 4.69) is 18.3 Å². The lowest BCUT2D eigenvalue weighted by atomic mass is 10.2. The van der Waals surface area contributed by atoms with Crippen molar-refractivity contribution < 1.29 is 4.74 Å². The van der Waals surface area contributed by atoms with Gasteiger partial charge in [-0.15, -0.1) is 0 Å². The van der Waals surface area contributed by atoms with Gasteiger partial charge >= 0.3 is 0 Å². The Morgan fingerprint density at radius 2 is 1.67 bits per heavy atom. The van der Waals surface area contributed by atoms with Gasteiger partial charge in [0, 0.05) is 12.1 Å². The molecule has 0 aliphatic heterocycles. The standard InChI is InChI=1S/C15H16ClNO/c1-2-17-11-12-7-3-5-9-14(12)18-15-10-6-4-8-13(15)16/h3-10,17H,2,11H2,1H3. The van der Waals surface area contributed by atoms with Gasteiger partial charge in [-0.05, 0) is 24.7 Å². The van der Waals surface area contributed by atoms with Gasteiger partial charge in [-0.3, -0.25) is 0 Å². The van der Waals surface area contributed by atoms with Gasteiger partial charge in [-0.2, -0.15) is 0 Å². The molecule has 0 aromatic heterocycles. The second-order valence-corrected chi connectivity index (χ2v) is 4.33. The van der Waals surface area contributed by atoms with E-state index in [4.69, 9.17) is 16.3 Å². The zero-order chi connectivity index (χ0) is 12.8. The Morgan fingerprint density at radius 1 is 1.00 bits per heavy atom. The van der Waals surface area contributed by atoms with Crippen LogP contribution < -0.4 is 10.1 Å². The Kier molecular flexibility index (Phi) is 4.62. The largest absolute Gasteiger partial charge is 0.455 e. The fourth-order valence-corrected chi connectivity index (χ4v) is 1.83. The minimum Gasteiger partial charge on any atom is -0.455 e. The lowest BCUT2D eigenvalue weighted by molar-refractivity contribution is 0.473. The quantitative estimate of drug-likeness (QED) is 0.869. The number of halogens is 1. The summed E-state index contributed by atoms with van der Waals surface area (Å²) >= 11 is 6.09. The van der Waals surface area contributed by atoms with Gasteiger partial charge in [0.1, 0.15) is 11.5 Å². The van der Waals surface area contributed by atoms with E-state index in [1.165, 1.54) is 0 Å². The van der Waals surface area contributed by atoms with E-state index >= 15 is 0 Å². The van der Waals surface area contributed by atoms with Crippen LogP contribution in [0.25, 0.3) is 0 Å². The van der Waals surface area contributed by atoms with Crippen LogP contribution in [0.1, 0.15) is 12.5 Å². The Labute approximate surface area is 113 Å². The lowest BCUT2D eigenvalue weighted by Gasteiger charge is -2.12. The number of para-hydroxylation sites is 2. The summed E-state index contributed by atoms with van der Waals surface area (Å²) in [7, 11) is 0. The van der Waals surface area contributed by atoms with Crippen molar-refractivity contribution in [1.29, 1.82) is 0 Å². The van der Waals surface area contributed by atoms with Gasteiger partial charge in [0.05, 0.1) is 5.02 Å². The monoisotopic (exact) mass is 261 g/mol. The average Bonchev–Trinajstić information content (AvgIpc) is 2.40. The first kappa shape index (κ1) is 12.9. The number of benzene rings is 2. The zero-order valence-electron chi connectivity index (χ0n) is 10.3. The van der Waals surface area contributed by atoms with Crippen LogP contribution in [0.3, 0.4) is 0 Å². The van der Waals surface area contributed by atoms with Gasteiger partial charge in [0.15, 0.2) is 0 Å². The zero-order valence-corrected chi connectivity index (χ0v) is 11.1. The van der Waals surface area contributed by atoms with Gasteiger partial charge in [-0.25, -0.2) is 0 Å². The molecule has 0 bridgehead atoms. The van der Waals surface area contributed by atoms with Crippen molar-refractivity contribution in [3.63, 3.8) is 0 Å². The molecule has 0 heterocycles. The first-order valence-corrected chi connectivity index (χ1v) is 6.40. The molecule has 2 aromatic rings. The molecule has 18 heavy (non-hydrogen) atoms. The minimum absolute atomic E-state index is 0.621. The Hall–Kier alpha value is -1.51. The Morgan fingerprint density at radius 3 is 2.39 bits per heavy atom. The van der Waals surface area contributed by atoms with Crippen LogP contribution in [0.5, 0.6) is 11.5 Å². The summed E-state index contributed by atoms with van der Waals surface area (Å²) < 4.78 is 5.87. The van der Waals surface area contributed by atoms with Gasteiger partial charge in [-0.1, -0.05) is 48.9 Å². The van der Waals surface area contributed by atoms with Crippen LogP contribution in [0.2, 0.25) is 5.02 Å². The van der Waals surface area contributed by atoms with Crippen LogP contribution in [0.15, 0.2) is 48.5 Å². The van der Waals surface area contributed by atoms with Gasteiger partial charge < -0.3 is 10.1 Å². The van der Waals surface area contributed by atoms with Crippen molar-refractivity contribution in [2.24, 2.45) is 0 Å². The van der Waals surface area contributed by atoms with Gasteiger partial charge in [0.25, 0.3) is 0 Å². The minimum atomic E-state index is 0.621. The van der Waals surface area contributed by atoms with Crippen molar-refractivity contribution in [1.82, 2.24) is 5.32 Å². The number of nitrogens with one attached hydrogen (secondary N) is 1. The van der Waals surface area contributed by atoms with E-state index in [0.29, 0.717) is 10.8 Å². The third-order valence-corrected chi connectivity index (χ3v) is 2.91. The van der Waals surface area contributed by atoms with Crippen LogP contribution in [0, 0.1) is 0 Å². The van der Waals surface area contributed by atoms with Crippen LogP contribution in [-0.4, -0.2) is 6.54 Å². The average molecular weight is 262 g/mol. The number of ether oxygens (including phenoxy) is 1. The molecule has 0 fully saturated rings. The van der Waals surface area contributed by atoms with Crippen LogP contribution in [0.4, 0.5) is 0 Å². The summed E-state index contributed by atoms with van der Waals surface area (Å²) in [5, 5.41) is 3.91. The maximum absolute atomic E-state index is 6.09. The maximum atomic E-state index is 6.09. The molecule has 2 nitrogen and oxygen atoms in total. The molecule has 0 radical (unpaired) electrons. The van der Waals surface area contributed by atoms with Crippen LogP contribution >= 0.6 is 11.6 Å². The Balaban J connectivity index is 2.21. The van der Waals surface area contributed by atoms with E-state index < -0.39 is 0 Å². The SMILES string of the molecule is CCNCc1ccccc1Oc1ccccc1Cl. The summed E-state index contributed by atoms with van der Waals surface area (Å²) in [6, 6.07) is 15.5. The molecule has 0 unspecified atom stereocenters. The van der Waals surface area contributed by atoms with E-state index in [9.17, 15) is 0 Å². The number of hydrogen-bond acceptors (Lipinski definition) is 2. The normalized spacial score (nSPS) is 10.3. The fourth-order valence-electron chi connectivity index (χ4n) is 1.66. The van der Waals surface area contributed by atoms with E-state index in [-0.39, 0.29) is 0 Å². The summed E-state index contributed by atoms with van der Waals surface area (Å²) in [6.07, 6.45) is 0.